The molecule has 1 saturated carbocycles. The molecule has 1 aliphatic carbocycles. The average Bonchev–Trinajstić information content (AvgIpc) is 2.77. The second-order valence-corrected chi connectivity index (χ2v) is 6.56. The second-order valence-electron chi connectivity index (χ2n) is 4.01. The van der Waals surface area contributed by atoms with E-state index in [0.29, 0.717) is 6.04 Å². The number of nitrogens with one attached hydrogen (secondary N) is 1. The fraction of sp³-hybridized carbons (Fsp3) is 0.636. The van der Waals surface area contributed by atoms with Gasteiger partial charge in [-0.25, -0.2) is 0 Å². The Morgan fingerprint density at radius 2 is 2.33 bits per heavy atom. The molecule has 0 aliphatic heterocycles. The summed E-state index contributed by atoms with van der Waals surface area (Å²) in [5.74, 6) is 0. The Morgan fingerprint density at radius 1 is 1.47 bits per heavy atom. The molecule has 1 aromatic rings. The monoisotopic (exact) mass is 289 g/mol. The van der Waals surface area contributed by atoms with E-state index in [1.54, 1.807) is 11.3 Å². The summed E-state index contributed by atoms with van der Waals surface area (Å²) >= 11 is 5.24. The molecular formula is C11H16BrNOS. The summed E-state index contributed by atoms with van der Waals surface area (Å²) in [6.45, 7) is 0.967. The molecule has 2 nitrogen and oxygen atoms in total. The molecule has 0 unspecified atom stereocenters. The van der Waals surface area contributed by atoms with Crippen molar-refractivity contribution in [2.24, 2.45) is 0 Å². The van der Waals surface area contributed by atoms with Crippen LogP contribution in [0.5, 0.6) is 0 Å². The van der Waals surface area contributed by atoms with Gasteiger partial charge < -0.3 is 10.4 Å². The lowest BCUT2D eigenvalue weighted by Gasteiger charge is -2.15. The molecule has 0 saturated heterocycles. The van der Waals surface area contributed by atoms with Crippen LogP contribution in [0.3, 0.4) is 0 Å². The SMILES string of the molecule is O[C@H]1CCC[C@@H]1NCCc1ccc(Br)s1. The Labute approximate surface area is 103 Å². The van der Waals surface area contributed by atoms with Crippen molar-refractivity contribution >= 4 is 27.3 Å². The van der Waals surface area contributed by atoms with Crippen LogP contribution in [0, 0.1) is 0 Å². The van der Waals surface area contributed by atoms with Crippen molar-refractivity contribution in [2.75, 3.05) is 6.54 Å². The molecule has 0 radical (unpaired) electrons. The predicted octanol–water partition coefficient (Wildman–Crippen LogP) is 2.56. The van der Waals surface area contributed by atoms with Gasteiger partial charge >= 0.3 is 0 Å². The molecule has 4 heteroatoms. The molecular weight excluding hydrogens is 274 g/mol. The summed E-state index contributed by atoms with van der Waals surface area (Å²) in [5.41, 5.74) is 0. The first-order valence-electron chi connectivity index (χ1n) is 5.41. The number of aliphatic hydroxyl groups is 1. The van der Waals surface area contributed by atoms with Gasteiger partial charge in [0.1, 0.15) is 0 Å². The summed E-state index contributed by atoms with van der Waals surface area (Å²) in [6.07, 6.45) is 4.17. The minimum atomic E-state index is -0.125. The molecule has 15 heavy (non-hydrogen) atoms. The highest BCUT2D eigenvalue weighted by Gasteiger charge is 2.23. The van der Waals surface area contributed by atoms with Crippen LogP contribution in [0.25, 0.3) is 0 Å². The van der Waals surface area contributed by atoms with Gasteiger partial charge in [0.05, 0.1) is 9.89 Å². The van der Waals surface area contributed by atoms with Gasteiger partial charge in [0.2, 0.25) is 0 Å². The summed E-state index contributed by atoms with van der Waals surface area (Å²) in [5, 5.41) is 13.1. The minimum Gasteiger partial charge on any atom is -0.392 e. The molecule has 0 bridgehead atoms. The number of halogens is 1. The van der Waals surface area contributed by atoms with Crippen molar-refractivity contribution in [2.45, 2.75) is 37.8 Å². The molecule has 2 rings (SSSR count). The Morgan fingerprint density at radius 3 is 2.93 bits per heavy atom. The largest absolute Gasteiger partial charge is 0.392 e. The van der Waals surface area contributed by atoms with E-state index < -0.39 is 0 Å². The first kappa shape index (κ1) is 11.6. The minimum absolute atomic E-state index is 0.125. The van der Waals surface area contributed by atoms with Gasteiger partial charge in [-0.2, -0.15) is 0 Å². The van der Waals surface area contributed by atoms with Crippen LogP contribution < -0.4 is 5.32 Å². The van der Waals surface area contributed by atoms with Gasteiger partial charge in [-0.05, 0) is 53.7 Å². The Kier molecular flexibility index (Phi) is 4.20. The maximum absolute atomic E-state index is 9.62. The van der Waals surface area contributed by atoms with Crippen LogP contribution in [-0.2, 0) is 6.42 Å². The van der Waals surface area contributed by atoms with Crippen LogP contribution in [0.2, 0.25) is 0 Å². The maximum atomic E-state index is 9.62. The zero-order chi connectivity index (χ0) is 10.7. The number of hydrogen-bond donors (Lipinski definition) is 2. The highest BCUT2D eigenvalue weighted by atomic mass is 79.9. The van der Waals surface area contributed by atoms with Crippen LogP contribution in [-0.4, -0.2) is 23.8 Å². The third-order valence-corrected chi connectivity index (χ3v) is 4.57. The van der Waals surface area contributed by atoms with E-state index in [1.165, 1.54) is 8.66 Å². The smallest absolute Gasteiger partial charge is 0.0701 e. The normalized spacial score (nSPS) is 26.0. The molecule has 1 heterocycles. The van der Waals surface area contributed by atoms with Crippen LogP contribution in [0.1, 0.15) is 24.1 Å². The van der Waals surface area contributed by atoms with Crippen molar-refractivity contribution in [1.29, 1.82) is 0 Å². The zero-order valence-electron chi connectivity index (χ0n) is 8.58. The second kappa shape index (κ2) is 5.43. The number of thiophene rings is 1. The molecule has 0 spiro atoms. The van der Waals surface area contributed by atoms with Crippen molar-refractivity contribution in [3.05, 3.63) is 20.8 Å². The van der Waals surface area contributed by atoms with Crippen molar-refractivity contribution in [1.82, 2.24) is 5.32 Å². The Bertz CT molecular complexity index is 315. The third kappa shape index (κ3) is 3.28. The molecule has 1 aliphatic rings. The van der Waals surface area contributed by atoms with E-state index in [9.17, 15) is 5.11 Å². The van der Waals surface area contributed by atoms with Gasteiger partial charge in [0, 0.05) is 17.5 Å². The van der Waals surface area contributed by atoms with Crippen molar-refractivity contribution < 1.29 is 5.11 Å². The fourth-order valence-corrected chi connectivity index (χ4v) is 3.53. The maximum Gasteiger partial charge on any atom is 0.0701 e. The van der Waals surface area contributed by atoms with Gasteiger partial charge in [0.15, 0.2) is 0 Å². The lowest BCUT2D eigenvalue weighted by Crippen LogP contribution is -2.36. The van der Waals surface area contributed by atoms with E-state index in [4.69, 9.17) is 0 Å². The van der Waals surface area contributed by atoms with E-state index >= 15 is 0 Å². The summed E-state index contributed by atoms with van der Waals surface area (Å²) < 4.78 is 1.19. The molecule has 84 valence electrons. The number of aliphatic hydroxyl groups excluding tert-OH is 1. The molecule has 0 aromatic carbocycles. The third-order valence-electron chi connectivity index (χ3n) is 2.89. The first-order valence-corrected chi connectivity index (χ1v) is 7.02. The fourth-order valence-electron chi connectivity index (χ4n) is 2.05. The standard InChI is InChI=1S/C11H16BrNOS/c12-11-5-4-8(15-11)6-7-13-9-2-1-3-10(9)14/h4-5,9-10,13-14H,1-3,6-7H2/t9-,10-/m0/s1. The lowest BCUT2D eigenvalue weighted by molar-refractivity contribution is 0.149. The Balaban J connectivity index is 1.70. The lowest BCUT2D eigenvalue weighted by atomic mass is 10.2. The zero-order valence-corrected chi connectivity index (χ0v) is 11.0. The van der Waals surface area contributed by atoms with Gasteiger partial charge in [-0.15, -0.1) is 11.3 Å². The van der Waals surface area contributed by atoms with E-state index in [1.807, 2.05) is 0 Å². The number of hydrogen-bond acceptors (Lipinski definition) is 3. The molecule has 2 atom stereocenters. The average molecular weight is 290 g/mol. The number of rotatable bonds is 4. The van der Waals surface area contributed by atoms with Crippen LogP contribution in [0.15, 0.2) is 15.9 Å². The summed E-state index contributed by atoms with van der Waals surface area (Å²) in [4.78, 5) is 1.39. The van der Waals surface area contributed by atoms with E-state index in [-0.39, 0.29) is 6.10 Å². The highest BCUT2D eigenvalue weighted by molar-refractivity contribution is 9.11. The predicted molar refractivity (Wildman–Crippen MR) is 67.4 cm³/mol. The van der Waals surface area contributed by atoms with E-state index in [0.717, 1.165) is 32.2 Å². The molecule has 1 fully saturated rings. The molecule has 2 N–H and O–H groups in total. The van der Waals surface area contributed by atoms with E-state index in [2.05, 4.69) is 33.4 Å². The first-order chi connectivity index (χ1) is 7.25. The molecule has 1 aromatic heterocycles. The quantitative estimate of drug-likeness (QED) is 0.893. The van der Waals surface area contributed by atoms with Gasteiger partial charge in [-0.3, -0.25) is 0 Å². The van der Waals surface area contributed by atoms with Gasteiger partial charge in [0.25, 0.3) is 0 Å². The van der Waals surface area contributed by atoms with Gasteiger partial charge in [-0.1, -0.05) is 0 Å². The summed E-state index contributed by atoms with van der Waals surface area (Å²) in [7, 11) is 0. The van der Waals surface area contributed by atoms with Crippen molar-refractivity contribution in [3.8, 4) is 0 Å². The van der Waals surface area contributed by atoms with Crippen LogP contribution >= 0.6 is 27.3 Å². The van der Waals surface area contributed by atoms with Crippen molar-refractivity contribution in [3.63, 3.8) is 0 Å². The van der Waals surface area contributed by atoms with Crippen LogP contribution in [0.4, 0.5) is 0 Å². The summed E-state index contributed by atoms with van der Waals surface area (Å²) in [6, 6.07) is 4.57. The Hall–Kier alpha value is 0.1000. The highest BCUT2D eigenvalue weighted by Crippen LogP contribution is 2.22. The topological polar surface area (TPSA) is 32.3 Å². The molecule has 0 amide bonds.